The van der Waals surface area contributed by atoms with E-state index in [2.05, 4.69) is 507 Å². The fraction of sp³-hybridized carbons (Fsp3) is 0. The van der Waals surface area contributed by atoms with E-state index < -0.39 is 0 Å². The summed E-state index contributed by atoms with van der Waals surface area (Å²) in [6.45, 7) is 0. The molecule has 664 valence electrons. The van der Waals surface area contributed by atoms with Crippen molar-refractivity contribution in [2.75, 3.05) is 9.80 Å². The number of benzene rings is 24. The number of nitrogens with zero attached hydrogens (tertiary/aromatic N) is 2. The Morgan fingerprint density at radius 1 is 0.148 bits per heavy atom. The van der Waals surface area contributed by atoms with Crippen molar-refractivity contribution >= 4 is 184 Å². The van der Waals surface area contributed by atoms with E-state index in [1.807, 2.05) is 46.9 Å². The maximum absolute atomic E-state index is 6.55. The highest BCUT2D eigenvalue weighted by Gasteiger charge is 2.32. The highest BCUT2D eigenvalue weighted by molar-refractivity contribution is 7.27. The Bertz CT molecular complexity index is 9550. The summed E-state index contributed by atoms with van der Waals surface area (Å²) in [5, 5.41) is 19.0. The lowest BCUT2D eigenvalue weighted by Gasteiger charge is -2.29. The maximum Gasteiger partial charge on any atom is 0.137 e. The molecule has 0 aliphatic rings. The molecule has 6 heteroatoms. The molecule has 142 heavy (non-hydrogen) atoms. The molecule has 0 atom stereocenters. The van der Waals surface area contributed by atoms with Gasteiger partial charge in [0, 0.05) is 86.8 Å². The SMILES string of the molecule is c1ccc(-c2c(-c3ccccc3)c(-c3ccccc3)c3c(-c4ccc(N(c5ccc6c(c5)oc5ccccc56)c5ccc6c(c5)oc5ccccc56)c5ccccc45)cccc3c2-c2ccccc2)cc1.c1ccc(-c2c(-c3ccccc3)c(-c3ccccc3)c3c(-c4ccc(N(c5cccc6c5sc5ccccc56)c5cccc6c5sc5ccccc56)c5ccccc45)cccc3c2-c2ccccc2)cc1. The Morgan fingerprint density at radius 3 is 0.782 bits per heavy atom. The van der Waals surface area contributed by atoms with Gasteiger partial charge in [-0.2, -0.15) is 0 Å². The molecule has 4 aromatic heterocycles. The average molecular weight is 1840 g/mol. The van der Waals surface area contributed by atoms with Crippen LogP contribution in [0.3, 0.4) is 0 Å². The third-order valence-electron chi connectivity index (χ3n) is 28.5. The summed E-state index contributed by atoms with van der Waals surface area (Å²) in [6, 6.07) is 190. The number of furan rings is 2. The Kier molecular flexibility index (Phi) is 20.7. The highest BCUT2D eigenvalue weighted by Crippen LogP contribution is 2.59. The number of anilines is 6. The molecular weight excluding hydrogens is 1760 g/mol. The van der Waals surface area contributed by atoms with Crippen molar-refractivity contribution in [1.29, 1.82) is 0 Å². The summed E-state index contributed by atoms with van der Waals surface area (Å²) < 4.78 is 18.2. The zero-order chi connectivity index (χ0) is 93.7. The summed E-state index contributed by atoms with van der Waals surface area (Å²) in [5.41, 5.74) is 33.8. The molecule has 28 rings (SSSR count). The van der Waals surface area contributed by atoms with Crippen LogP contribution in [0, 0.1) is 0 Å². The second-order valence-electron chi connectivity index (χ2n) is 36.5. The van der Waals surface area contributed by atoms with Gasteiger partial charge in [-0.1, -0.05) is 437 Å². The van der Waals surface area contributed by atoms with Gasteiger partial charge in [0.2, 0.25) is 0 Å². The summed E-state index contributed by atoms with van der Waals surface area (Å²) in [6.07, 6.45) is 0. The van der Waals surface area contributed by atoms with Crippen LogP contribution in [0.25, 0.3) is 239 Å². The monoisotopic (exact) mass is 1840 g/mol. The number of rotatable bonds is 16. The van der Waals surface area contributed by atoms with Gasteiger partial charge >= 0.3 is 0 Å². The Hall–Kier alpha value is -18.0. The first-order valence-electron chi connectivity index (χ1n) is 48.5. The normalized spacial score (nSPS) is 11.7. The van der Waals surface area contributed by atoms with Crippen molar-refractivity contribution in [3.63, 3.8) is 0 Å². The zero-order valence-corrected chi connectivity index (χ0v) is 78.8. The van der Waals surface area contributed by atoms with Crippen LogP contribution < -0.4 is 9.80 Å². The molecule has 28 aromatic rings. The quantitative estimate of drug-likeness (QED) is 0.0965. The van der Waals surface area contributed by atoms with E-state index in [-0.39, 0.29) is 0 Å². The fourth-order valence-corrected chi connectivity index (χ4v) is 24.9. The van der Waals surface area contributed by atoms with Gasteiger partial charge in [0.1, 0.15) is 22.3 Å². The van der Waals surface area contributed by atoms with Crippen LogP contribution in [0.4, 0.5) is 34.1 Å². The van der Waals surface area contributed by atoms with E-state index in [1.165, 1.54) is 173 Å². The molecular formula is C136H86N2O2S2. The lowest BCUT2D eigenvalue weighted by atomic mass is 9.77. The van der Waals surface area contributed by atoms with Gasteiger partial charge in [0.25, 0.3) is 0 Å². The molecule has 0 N–H and O–H groups in total. The Balaban J connectivity index is 0.000000142. The summed E-state index contributed by atoms with van der Waals surface area (Å²) in [4.78, 5) is 4.92. The molecule has 0 fully saturated rings. The third-order valence-corrected chi connectivity index (χ3v) is 30.9. The second kappa shape index (κ2) is 35.2. The van der Waals surface area contributed by atoms with Crippen LogP contribution in [0.5, 0.6) is 0 Å². The van der Waals surface area contributed by atoms with Crippen molar-refractivity contribution in [3.8, 4) is 111 Å². The zero-order valence-electron chi connectivity index (χ0n) is 77.2. The minimum Gasteiger partial charge on any atom is -0.456 e. The first kappa shape index (κ1) is 83.3. The smallest absolute Gasteiger partial charge is 0.137 e. The minimum absolute atomic E-state index is 0.835. The molecule has 0 spiro atoms. The van der Waals surface area contributed by atoms with E-state index in [9.17, 15) is 0 Å². The van der Waals surface area contributed by atoms with Gasteiger partial charge in [-0.15, -0.1) is 22.7 Å². The number of hydrogen-bond donors (Lipinski definition) is 0. The number of fused-ring (bicyclic) bond motifs is 16. The van der Waals surface area contributed by atoms with Crippen molar-refractivity contribution in [2.24, 2.45) is 0 Å². The van der Waals surface area contributed by atoms with Gasteiger partial charge in [0.05, 0.1) is 32.1 Å². The second-order valence-corrected chi connectivity index (χ2v) is 38.6. The van der Waals surface area contributed by atoms with Crippen LogP contribution in [0.15, 0.2) is 531 Å². The van der Waals surface area contributed by atoms with Gasteiger partial charge in [0.15, 0.2) is 0 Å². The standard InChI is InChI=1S/C68H43NO2.C68H43NS2/c1-5-20-44(21-6-1)64-58-33-19-32-57(68(58)67(47-26-11-4-12-27-47)66(46-24-9-3-10-25-46)65(64)45-22-7-2-8-23-45)51-40-41-59(52-29-14-13-28-50(51)52)69(48-36-38-55-53-30-15-17-34-60(53)70-62(55)42-48)49-37-39-56-54-31-16-18-35-61(54)71-63(56)43-49;1-5-22-44(23-6-1)62-56-37-19-34-53(66(56)65(47-28-11-4-12-29-47)64(46-26-9-3-10-27-46)63(62)45-24-7-2-8-25-45)49-42-43-57(50-31-14-13-30-48(49)50)69(58-38-20-35-54-51-32-15-17-40-60(51)70-67(54)58)59-39-21-36-55-52-33-16-18-41-61(52)71-68(55)59/h2*1-43H. The molecule has 4 heterocycles. The molecule has 0 aliphatic carbocycles. The topological polar surface area (TPSA) is 32.8 Å². The minimum atomic E-state index is 0.835. The molecule has 4 nitrogen and oxygen atoms in total. The van der Waals surface area contributed by atoms with Crippen molar-refractivity contribution < 1.29 is 8.83 Å². The first-order chi connectivity index (χ1) is 70.5. The lowest BCUT2D eigenvalue weighted by Crippen LogP contribution is -2.11. The average Bonchev–Trinajstić information content (AvgIpc) is 0.787. The molecule has 24 aromatic carbocycles. The summed E-state index contributed by atoms with van der Waals surface area (Å²) in [7, 11) is 0. The predicted octanol–water partition coefficient (Wildman–Crippen LogP) is 40.1. The van der Waals surface area contributed by atoms with Gasteiger partial charge in [-0.3, -0.25) is 0 Å². The number of hydrogen-bond acceptors (Lipinski definition) is 6. The summed E-state index contributed by atoms with van der Waals surface area (Å²) >= 11 is 3.77. The highest BCUT2D eigenvalue weighted by atomic mass is 32.1. The van der Waals surface area contributed by atoms with Crippen molar-refractivity contribution in [3.05, 3.63) is 522 Å². The van der Waals surface area contributed by atoms with Gasteiger partial charge in [-0.25, -0.2) is 0 Å². The molecule has 0 saturated carbocycles. The molecule has 0 saturated heterocycles. The van der Waals surface area contributed by atoms with Crippen molar-refractivity contribution in [1.82, 2.24) is 0 Å². The maximum atomic E-state index is 6.55. The van der Waals surface area contributed by atoms with E-state index in [1.54, 1.807) is 0 Å². The fourth-order valence-electron chi connectivity index (χ4n) is 22.5. The predicted molar refractivity (Wildman–Crippen MR) is 607 cm³/mol. The summed E-state index contributed by atoms with van der Waals surface area (Å²) in [5.74, 6) is 0. The number of thiophene rings is 2. The Labute approximate surface area is 829 Å². The van der Waals surface area contributed by atoms with E-state index >= 15 is 0 Å². The van der Waals surface area contributed by atoms with E-state index in [0.717, 1.165) is 99.7 Å². The van der Waals surface area contributed by atoms with E-state index in [0.29, 0.717) is 0 Å². The molecule has 0 unspecified atom stereocenters. The van der Waals surface area contributed by atoms with Gasteiger partial charge in [-0.05, 0) is 216 Å². The lowest BCUT2D eigenvalue weighted by molar-refractivity contribution is 0.669. The first-order valence-corrected chi connectivity index (χ1v) is 50.1. The van der Waals surface area contributed by atoms with Crippen LogP contribution in [-0.4, -0.2) is 0 Å². The van der Waals surface area contributed by atoms with Crippen LogP contribution >= 0.6 is 22.7 Å². The molecule has 0 amide bonds. The number of para-hydroxylation sites is 2. The molecule has 0 aliphatic heterocycles. The van der Waals surface area contributed by atoms with Crippen molar-refractivity contribution in [2.45, 2.75) is 0 Å². The third kappa shape index (κ3) is 14.1. The van der Waals surface area contributed by atoms with Crippen LogP contribution in [0.2, 0.25) is 0 Å². The Morgan fingerprint density at radius 2 is 0.415 bits per heavy atom. The van der Waals surface area contributed by atoms with Crippen LogP contribution in [-0.2, 0) is 0 Å². The molecule has 0 bridgehead atoms. The molecule has 0 radical (unpaired) electrons. The van der Waals surface area contributed by atoms with Gasteiger partial charge < -0.3 is 18.6 Å². The van der Waals surface area contributed by atoms with E-state index in [4.69, 9.17) is 8.83 Å². The largest absolute Gasteiger partial charge is 0.456 e. The van der Waals surface area contributed by atoms with Crippen LogP contribution in [0.1, 0.15) is 0 Å².